The van der Waals surface area contributed by atoms with Crippen LogP contribution < -0.4 is 5.46 Å². The molecule has 0 aliphatic carbocycles. The van der Waals surface area contributed by atoms with Gasteiger partial charge < -0.3 is 9.31 Å². The van der Waals surface area contributed by atoms with Crippen LogP contribution in [0.1, 0.15) is 82.5 Å². The molecule has 17 aromatic carbocycles. The van der Waals surface area contributed by atoms with Gasteiger partial charge in [-0.2, -0.15) is 0 Å². The van der Waals surface area contributed by atoms with Crippen LogP contribution >= 0.6 is 15.9 Å². The van der Waals surface area contributed by atoms with E-state index in [-0.39, 0.29) is 130 Å². The molecule has 1 saturated heterocycles. The van der Waals surface area contributed by atoms with Crippen molar-refractivity contribution in [1.29, 1.82) is 0 Å². The zero-order valence-electron chi connectivity index (χ0n) is 88.9. The summed E-state index contributed by atoms with van der Waals surface area (Å²) in [5, 5.41) is 1.70. The van der Waals surface area contributed by atoms with Crippen LogP contribution in [0, 0.1) is 0 Å². The molecule has 0 atom stereocenters. The Morgan fingerprint density at radius 1 is 0.283 bits per heavy atom. The molecule has 440 valence electrons. The SMILES string of the molecule is [2H]c1c([2H])c([2H])c2c(-c3ccc4ccccc4c3)c3c([2H])c([2H])c([2H])c([2H])c3c(Br)c2c1[2H].[2H]c1c([2H])c([2H])c2c(-c3ccc4ccccc4c3)c3c([2H])c([2H])c([2H])c([2H])c3c([2H])c2c1[2H].[2H]c1c([2H])c([2H])c2c([2H])c(-c3c4c([2H])c([2H])c([2H])c([2H])c4c([2H])c4c([2H])c([2H])c([2H])c([2H])c34)c([2H])c([2H])c2c1[2H].[2H]c1c([2H])c([2H])c2c([2H])c(B3OC(C)(C)C(C)(C)O3)c([2H])c([2H])c2c1[2H]. The minimum atomic E-state index is -1.06. The molecule has 0 N–H and O–H groups in total. The normalized spacial score (nSPS) is 19.4. The van der Waals surface area contributed by atoms with E-state index < -0.39 is 243 Å². The molecule has 0 radical (unpaired) electrons. The van der Waals surface area contributed by atoms with Crippen LogP contribution in [-0.4, -0.2) is 18.3 Å². The van der Waals surface area contributed by atoms with Crippen LogP contribution in [0.3, 0.4) is 0 Å². The fourth-order valence-corrected chi connectivity index (χ4v) is 11.3. The van der Waals surface area contributed by atoms with E-state index in [4.69, 9.17) is 64.1 Å². The lowest BCUT2D eigenvalue weighted by Crippen LogP contribution is -2.41. The maximum absolute atomic E-state index is 8.98. The maximum atomic E-state index is 8.98. The van der Waals surface area contributed by atoms with Crippen molar-refractivity contribution < 1.29 is 64.1 Å². The van der Waals surface area contributed by atoms with Gasteiger partial charge in [-0.15, -0.1) is 0 Å². The second kappa shape index (κ2) is 24.5. The van der Waals surface area contributed by atoms with Crippen molar-refractivity contribution in [3.05, 3.63) is 331 Å². The summed E-state index contributed by atoms with van der Waals surface area (Å²) in [7, 11) is -1.06. The minimum Gasteiger partial charge on any atom is -0.399 e. The first-order chi connectivity index (χ1) is 61.7. The van der Waals surface area contributed by atoms with Gasteiger partial charge in [-0.3, -0.25) is 0 Å². The van der Waals surface area contributed by atoms with Crippen LogP contribution in [0.4, 0.5) is 0 Å². The second-order valence-electron chi connectivity index (χ2n) is 21.9. The zero-order chi connectivity index (χ0) is 97.2. The molecule has 4 heteroatoms. The lowest BCUT2D eigenvalue weighted by Gasteiger charge is -2.32. The van der Waals surface area contributed by atoms with Crippen LogP contribution in [0.15, 0.2) is 331 Å². The Morgan fingerprint density at radius 2 is 0.609 bits per heavy atom. The highest BCUT2D eigenvalue weighted by Crippen LogP contribution is 2.44. The fourth-order valence-electron chi connectivity index (χ4n) is 10.8. The van der Waals surface area contributed by atoms with Gasteiger partial charge >= 0.3 is 7.12 Å². The molecule has 0 amide bonds. The van der Waals surface area contributed by atoms with Gasteiger partial charge in [0.15, 0.2) is 0 Å². The highest BCUT2D eigenvalue weighted by Gasteiger charge is 2.51. The Labute approximate surface area is 602 Å². The van der Waals surface area contributed by atoms with Crippen molar-refractivity contribution in [2.45, 2.75) is 38.9 Å². The summed E-state index contributed by atoms with van der Waals surface area (Å²) in [6.45, 7) is 7.31. The predicted molar refractivity (Wildman–Crippen MR) is 401 cm³/mol. The number of hydrogen-bond acceptors (Lipinski definition) is 2. The quantitative estimate of drug-likeness (QED) is 0.129. The summed E-state index contributed by atoms with van der Waals surface area (Å²) in [4.78, 5) is 0. The van der Waals surface area contributed by atoms with Crippen LogP contribution in [0.2, 0.25) is 0 Å². The molecule has 0 spiro atoms. The van der Waals surface area contributed by atoms with Gasteiger partial charge in [-0.05, 0) is 220 Å². The lowest BCUT2D eigenvalue weighted by atomic mass is 9.78. The van der Waals surface area contributed by atoms with E-state index in [1.807, 2.05) is 107 Å². The van der Waals surface area contributed by atoms with E-state index in [0.29, 0.717) is 16.7 Å². The molecule has 2 nitrogen and oxygen atoms in total. The number of rotatable bonds is 4. The summed E-state index contributed by atoms with van der Waals surface area (Å²) in [5.41, 5.74) is -0.608. The van der Waals surface area contributed by atoms with Gasteiger partial charge in [0.2, 0.25) is 0 Å². The Morgan fingerprint density at radius 3 is 1.04 bits per heavy atom. The molecule has 0 saturated carbocycles. The van der Waals surface area contributed by atoms with Gasteiger partial charge in [0.25, 0.3) is 0 Å². The molecule has 18 rings (SSSR count). The summed E-state index contributed by atoms with van der Waals surface area (Å²) in [6.07, 6.45) is 0. The molecular formula is C88H66BBrO2. The second-order valence-corrected chi connectivity index (χ2v) is 22.7. The Kier molecular flexibility index (Phi) is 7.73. The van der Waals surface area contributed by atoms with Crippen molar-refractivity contribution in [3.8, 4) is 33.4 Å². The highest BCUT2D eigenvalue weighted by molar-refractivity contribution is 9.10. The van der Waals surface area contributed by atoms with Gasteiger partial charge in [0.1, 0.15) is 0 Å². The monoisotopic (exact) mass is 1280 g/mol. The number of hydrogen-bond donors (Lipinski definition) is 0. The topological polar surface area (TPSA) is 18.5 Å². The molecule has 1 aliphatic heterocycles. The van der Waals surface area contributed by atoms with Gasteiger partial charge in [-0.25, -0.2) is 0 Å². The van der Waals surface area contributed by atoms with Crippen LogP contribution in [0.25, 0.3) is 141 Å². The number of fused-ring (bicyclic) bond motifs is 10. The molecule has 0 aromatic heterocycles. The average Bonchev–Trinajstić information content (AvgIpc) is 0.935. The smallest absolute Gasteiger partial charge is 0.399 e. The number of halogens is 1. The van der Waals surface area contributed by atoms with Gasteiger partial charge in [-0.1, -0.05) is 296 Å². The highest BCUT2D eigenvalue weighted by atomic mass is 79.9. The molecule has 1 heterocycles. The van der Waals surface area contributed by atoms with E-state index in [1.54, 1.807) is 6.07 Å². The van der Waals surface area contributed by atoms with Crippen molar-refractivity contribution in [1.82, 2.24) is 0 Å². The van der Waals surface area contributed by atoms with Crippen molar-refractivity contribution in [2.75, 3.05) is 0 Å². The largest absolute Gasteiger partial charge is 0.494 e. The summed E-state index contributed by atoms with van der Waals surface area (Å²) in [6, 6.07) is 5.80. The van der Waals surface area contributed by atoms with Crippen LogP contribution in [-0.2, 0) is 9.31 Å². The van der Waals surface area contributed by atoms with Crippen molar-refractivity contribution in [2.24, 2.45) is 0 Å². The van der Waals surface area contributed by atoms with Gasteiger partial charge in [0.05, 0.1) is 66.0 Å². The average molecular weight is 1290 g/mol. The van der Waals surface area contributed by atoms with Crippen molar-refractivity contribution in [3.63, 3.8) is 0 Å². The minimum absolute atomic E-state index is 0.00572. The van der Waals surface area contributed by atoms with Gasteiger partial charge in [0, 0.05) is 4.47 Å². The Balaban J connectivity index is 0.000000136. The van der Waals surface area contributed by atoms with Crippen LogP contribution in [0.5, 0.6) is 0 Å². The van der Waals surface area contributed by atoms with E-state index in [0.717, 1.165) is 21.5 Å². The third kappa shape index (κ3) is 11.2. The molecule has 92 heavy (non-hydrogen) atoms. The lowest BCUT2D eigenvalue weighted by molar-refractivity contribution is 0.00578. The first kappa shape index (κ1) is 29.0. The van der Waals surface area contributed by atoms with E-state index >= 15 is 0 Å². The summed E-state index contributed by atoms with van der Waals surface area (Å²) in [5.74, 6) is 0. The van der Waals surface area contributed by atoms with E-state index in [1.165, 1.54) is 0 Å². The predicted octanol–water partition coefficient (Wildman–Crippen LogP) is 24.3. The third-order valence-electron chi connectivity index (χ3n) is 15.9. The molecule has 1 fully saturated rings. The fraction of sp³-hybridized carbons (Fsp3) is 0.0682. The molecular weight excluding hydrogens is 1180 g/mol. The summed E-state index contributed by atoms with van der Waals surface area (Å²) >= 11 is 3.42. The summed E-state index contributed by atoms with van der Waals surface area (Å²) < 4.78 is 346. The number of benzene rings is 17. The third-order valence-corrected chi connectivity index (χ3v) is 16.7. The first-order valence-corrected chi connectivity index (χ1v) is 29.3. The first-order valence-electron chi connectivity index (χ1n) is 48.5. The zero-order valence-corrected chi connectivity index (χ0v) is 50.4. The molecule has 1 aliphatic rings. The van der Waals surface area contributed by atoms with Crippen molar-refractivity contribution >= 4 is 136 Å². The maximum Gasteiger partial charge on any atom is 0.494 e. The Hall–Kier alpha value is -10.2. The van der Waals surface area contributed by atoms with E-state index in [2.05, 4.69) is 15.9 Å². The standard InChI is InChI=1S/C24H15Br.2C24H16.C16H19BO2/c25-24-21-11-5-3-9-19(21)23(20-10-4-6-12-22(20)24)18-14-13-16-7-1-2-8-17(16)15-18;2*1-2-8-18-15-21(14-13-17(18)7-1)24-22-11-5-3-9-19(22)16-20-10-4-6-12-23(20)24;1-15(2)16(3,4)19-17(18-15)14-10-9-12-7-5-6-8-13(12)11-14/h1-15H;2*1-16H;5-11H,1-4H3/i3D,4D,5D,6D,9D,10D,11D,12D;1D,2D,3D,4D,5D,6D,7D,8D,9D,10D,11D,12D,13D,14D,15D,16D;3D,4D,5D,6D,9D,10D,11D,12D,16D;5D,6D,7D,8D,9D,10D,11D. The Bertz CT molecular complexity index is 7620. The molecule has 0 unspecified atom stereocenters. The van der Waals surface area contributed by atoms with E-state index in [9.17, 15) is 0 Å². The molecule has 17 aromatic rings. The molecule has 0 bridgehead atoms.